The van der Waals surface area contributed by atoms with Gasteiger partial charge in [0, 0.05) is 11.5 Å². The zero-order valence-electron chi connectivity index (χ0n) is 10.3. The van der Waals surface area contributed by atoms with Crippen LogP contribution in [0.2, 0.25) is 0 Å². The summed E-state index contributed by atoms with van der Waals surface area (Å²) >= 11 is 5.71. The number of carbonyl (C=O) groups excluding carboxylic acids is 3. The van der Waals surface area contributed by atoms with Gasteiger partial charge in [-0.05, 0) is 31.4 Å². The van der Waals surface area contributed by atoms with Crippen molar-refractivity contribution in [3.8, 4) is 0 Å². The predicted octanol–water partition coefficient (Wildman–Crippen LogP) is 1.19. The predicted molar refractivity (Wildman–Crippen MR) is 64.1 cm³/mol. The molecule has 0 radical (unpaired) electrons. The highest BCUT2D eigenvalue weighted by molar-refractivity contribution is 6.65. The van der Waals surface area contributed by atoms with Gasteiger partial charge in [-0.2, -0.15) is 0 Å². The highest BCUT2D eigenvalue weighted by Gasteiger charge is 2.73. The fourth-order valence-corrected chi connectivity index (χ4v) is 3.87. The molecule has 1 aliphatic heterocycles. The smallest absolute Gasteiger partial charge is 0.333 e. The molecule has 2 saturated carbocycles. The van der Waals surface area contributed by atoms with E-state index in [4.69, 9.17) is 21.1 Å². The van der Waals surface area contributed by atoms with Crippen LogP contribution >= 0.6 is 11.6 Å². The van der Waals surface area contributed by atoms with Gasteiger partial charge in [-0.25, -0.2) is 4.79 Å². The van der Waals surface area contributed by atoms with Gasteiger partial charge in [0.2, 0.25) is 5.24 Å². The van der Waals surface area contributed by atoms with Crippen molar-refractivity contribution in [2.75, 3.05) is 0 Å². The number of ether oxygens (including phenoxy) is 2. The molecular weight excluding hydrogens is 272 g/mol. The molecule has 3 aliphatic rings. The molecule has 5 nitrogen and oxygen atoms in total. The zero-order chi connectivity index (χ0) is 13.9. The van der Waals surface area contributed by atoms with Gasteiger partial charge in [0.15, 0.2) is 6.10 Å². The first kappa shape index (κ1) is 12.7. The van der Waals surface area contributed by atoms with E-state index in [1.807, 2.05) is 0 Å². The number of halogens is 1. The summed E-state index contributed by atoms with van der Waals surface area (Å²) in [7, 11) is 0. The molecule has 6 heteroatoms. The van der Waals surface area contributed by atoms with Gasteiger partial charge in [0.1, 0.15) is 6.10 Å². The Morgan fingerprint density at radius 3 is 2.74 bits per heavy atom. The minimum atomic E-state index is -0.973. The maximum Gasteiger partial charge on any atom is 0.333 e. The number of rotatable bonds is 3. The van der Waals surface area contributed by atoms with Gasteiger partial charge < -0.3 is 9.47 Å². The normalized spacial score (nSPS) is 42.1. The SMILES string of the molecule is C=C(C)C(=O)OC1C2OC(=O)C3CC1(C(=O)Cl)CC32. The van der Waals surface area contributed by atoms with Crippen molar-refractivity contribution >= 4 is 28.8 Å². The number of carbonyl (C=O) groups is 3. The summed E-state index contributed by atoms with van der Waals surface area (Å²) < 4.78 is 10.6. The lowest BCUT2D eigenvalue weighted by atomic mass is 9.78. The van der Waals surface area contributed by atoms with Crippen LogP contribution in [0, 0.1) is 17.3 Å². The lowest BCUT2D eigenvalue weighted by molar-refractivity contribution is -0.163. The molecule has 2 aliphatic carbocycles. The van der Waals surface area contributed by atoms with E-state index in [1.54, 1.807) is 0 Å². The summed E-state index contributed by atoms with van der Waals surface area (Å²) in [5.41, 5.74) is -0.737. The van der Waals surface area contributed by atoms with E-state index >= 15 is 0 Å². The minimum absolute atomic E-state index is 0.0712. The molecular formula is C13H13ClO5. The van der Waals surface area contributed by atoms with Crippen molar-refractivity contribution in [2.24, 2.45) is 17.3 Å². The van der Waals surface area contributed by atoms with Crippen molar-refractivity contribution in [1.29, 1.82) is 0 Å². The van der Waals surface area contributed by atoms with Crippen molar-refractivity contribution in [1.82, 2.24) is 0 Å². The molecule has 0 N–H and O–H groups in total. The first-order valence-electron chi connectivity index (χ1n) is 6.14. The Morgan fingerprint density at radius 2 is 2.16 bits per heavy atom. The first-order chi connectivity index (χ1) is 8.86. The number of hydrogen-bond acceptors (Lipinski definition) is 5. The van der Waals surface area contributed by atoms with E-state index in [-0.39, 0.29) is 23.4 Å². The lowest BCUT2D eigenvalue weighted by Crippen LogP contribution is -2.45. The third-order valence-corrected chi connectivity index (χ3v) is 4.87. The lowest BCUT2D eigenvalue weighted by Gasteiger charge is -2.32. The summed E-state index contributed by atoms with van der Waals surface area (Å²) in [6.07, 6.45) is -0.569. The average Bonchev–Trinajstić information content (AvgIpc) is 2.90. The number of fused-ring (bicyclic) bond motifs is 1. The Labute approximate surface area is 114 Å². The highest BCUT2D eigenvalue weighted by atomic mass is 35.5. The highest BCUT2D eigenvalue weighted by Crippen LogP contribution is 2.63. The van der Waals surface area contributed by atoms with Gasteiger partial charge in [-0.15, -0.1) is 0 Å². The fourth-order valence-electron chi connectivity index (χ4n) is 3.60. The van der Waals surface area contributed by atoms with Gasteiger partial charge in [-0.3, -0.25) is 9.59 Å². The van der Waals surface area contributed by atoms with E-state index in [0.29, 0.717) is 12.8 Å². The largest absolute Gasteiger partial charge is 0.458 e. The molecule has 19 heavy (non-hydrogen) atoms. The third kappa shape index (κ3) is 1.51. The molecule has 0 spiro atoms. The van der Waals surface area contributed by atoms with Crippen LogP contribution in [0.4, 0.5) is 0 Å². The van der Waals surface area contributed by atoms with Crippen molar-refractivity contribution in [3.63, 3.8) is 0 Å². The van der Waals surface area contributed by atoms with Crippen LogP contribution in [0.15, 0.2) is 12.2 Å². The summed E-state index contributed by atoms with van der Waals surface area (Å²) in [5.74, 6) is -1.26. The van der Waals surface area contributed by atoms with Gasteiger partial charge in [0.25, 0.3) is 0 Å². The molecule has 0 aromatic rings. The van der Waals surface area contributed by atoms with Crippen molar-refractivity contribution in [2.45, 2.75) is 32.0 Å². The maximum atomic E-state index is 11.8. The summed E-state index contributed by atoms with van der Waals surface area (Å²) in [4.78, 5) is 35.2. The van der Waals surface area contributed by atoms with Crippen LogP contribution in [0.5, 0.6) is 0 Å². The Hall–Kier alpha value is -1.36. The number of hydrogen-bond donors (Lipinski definition) is 0. The Kier molecular flexibility index (Phi) is 2.55. The molecule has 1 saturated heterocycles. The Bertz CT molecular complexity index is 513. The molecule has 5 unspecified atom stereocenters. The van der Waals surface area contributed by atoms with Crippen LogP contribution in [0.25, 0.3) is 0 Å². The van der Waals surface area contributed by atoms with Crippen molar-refractivity contribution < 1.29 is 23.9 Å². The van der Waals surface area contributed by atoms with Gasteiger partial charge >= 0.3 is 11.9 Å². The Morgan fingerprint density at radius 1 is 1.47 bits per heavy atom. The monoisotopic (exact) mass is 284 g/mol. The van der Waals surface area contributed by atoms with Gasteiger partial charge in [0.05, 0.1) is 11.3 Å². The van der Waals surface area contributed by atoms with Crippen LogP contribution in [-0.4, -0.2) is 29.4 Å². The Balaban J connectivity index is 1.94. The van der Waals surface area contributed by atoms with Crippen LogP contribution in [-0.2, 0) is 23.9 Å². The molecule has 1 heterocycles. The molecule has 0 amide bonds. The second-order valence-electron chi connectivity index (χ2n) is 5.62. The third-order valence-electron chi connectivity index (χ3n) is 4.49. The zero-order valence-corrected chi connectivity index (χ0v) is 11.1. The molecule has 5 atom stereocenters. The fraction of sp³-hybridized carbons (Fsp3) is 0.615. The van der Waals surface area contributed by atoms with Crippen LogP contribution in [0.3, 0.4) is 0 Å². The molecule has 0 aromatic heterocycles. The molecule has 0 aromatic carbocycles. The summed E-state index contributed by atoms with van der Waals surface area (Å²) in [6, 6.07) is 0. The van der Waals surface area contributed by atoms with E-state index in [0.717, 1.165) is 0 Å². The van der Waals surface area contributed by atoms with E-state index < -0.39 is 28.8 Å². The van der Waals surface area contributed by atoms with Crippen LogP contribution in [0.1, 0.15) is 19.8 Å². The number of esters is 2. The second kappa shape index (κ2) is 3.82. The van der Waals surface area contributed by atoms with Crippen molar-refractivity contribution in [3.05, 3.63) is 12.2 Å². The molecule has 3 fully saturated rings. The van der Waals surface area contributed by atoms with Crippen LogP contribution < -0.4 is 0 Å². The van der Waals surface area contributed by atoms with E-state index in [2.05, 4.69) is 6.58 Å². The quantitative estimate of drug-likeness (QED) is 0.442. The topological polar surface area (TPSA) is 69.7 Å². The second-order valence-corrected chi connectivity index (χ2v) is 5.96. The molecule has 2 bridgehead atoms. The first-order valence-corrected chi connectivity index (χ1v) is 6.51. The summed E-state index contributed by atoms with van der Waals surface area (Å²) in [6.45, 7) is 5.02. The molecule has 3 rings (SSSR count). The summed E-state index contributed by atoms with van der Waals surface area (Å²) in [5, 5.41) is -0.555. The standard InChI is InChI=1S/C13H13ClO5/c1-5(2)10(15)19-9-8-6-3-13(9,12(14)17)4-7(6)11(16)18-8/h6-9H,1,3-4H2,2H3. The average molecular weight is 285 g/mol. The van der Waals surface area contributed by atoms with Gasteiger partial charge in [-0.1, -0.05) is 6.58 Å². The van der Waals surface area contributed by atoms with E-state index in [9.17, 15) is 14.4 Å². The maximum absolute atomic E-state index is 11.8. The molecule has 102 valence electrons. The minimum Gasteiger partial charge on any atom is -0.458 e. The van der Waals surface area contributed by atoms with E-state index in [1.165, 1.54) is 6.92 Å².